The average molecular weight is 431 g/mol. The van der Waals surface area contributed by atoms with Crippen LogP contribution < -0.4 is 9.46 Å². The molecule has 10 heteroatoms. The molecular formula is C17H16F2N2O3S3. The van der Waals surface area contributed by atoms with Gasteiger partial charge in [-0.05, 0) is 42.8 Å². The number of anilines is 1. The summed E-state index contributed by atoms with van der Waals surface area (Å²) < 4.78 is 57.1. The lowest BCUT2D eigenvalue weighted by Crippen LogP contribution is -2.17. The number of hydrogen-bond donors (Lipinski definition) is 1. The lowest BCUT2D eigenvalue weighted by atomic mass is 10.3. The highest BCUT2D eigenvalue weighted by Crippen LogP contribution is 2.29. The quantitative estimate of drug-likeness (QED) is 0.389. The zero-order valence-corrected chi connectivity index (χ0v) is 16.4. The number of benzene rings is 2. The summed E-state index contributed by atoms with van der Waals surface area (Å²) in [6.07, 6.45) is 0.461. The number of hydrogen-bond acceptors (Lipinski definition) is 6. The minimum absolute atomic E-state index is 0.0276. The number of thioether (sulfide) groups is 1. The lowest BCUT2D eigenvalue weighted by molar-refractivity contribution is -0.0498. The second-order valence-electron chi connectivity index (χ2n) is 5.47. The Morgan fingerprint density at radius 1 is 1.15 bits per heavy atom. The topological polar surface area (TPSA) is 68.3 Å². The number of para-hydroxylation sites is 1. The standard InChI is InChI=1S/C17H16F2N2O3S3/c18-16(19)24-13-8-6-12(7-9-13)21-27(22,23)11-3-10-25-17-20-14-4-1-2-5-15(14)26-17/h1-2,4-9,16,21H,3,10-11H2. The van der Waals surface area contributed by atoms with E-state index in [1.54, 1.807) is 11.3 Å². The first-order valence-electron chi connectivity index (χ1n) is 7.95. The van der Waals surface area contributed by atoms with Gasteiger partial charge in [0.05, 0.1) is 16.0 Å². The number of nitrogens with one attached hydrogen (secondary N) is 1. The molecule has 2 aromatic carbocycles. The predicted octanol–water partition coefficient (Wildman–Crippen LogP) is 4.82. The summed E-state index contributed by atoms with van der Waals surface area (Å²) >= 11 is 3.11. The molecule has 0 saturated heterocycles. The zero-order valence-electron chi connectivity index (χ0n) is 14.0. The fraction of sp³-hybridized carbons (Fsp3) is 0.235. The van der Waals surface area contributed by atoms with Gasteiger partial charge >= 0.3 is 6.61 Å². The molecule has 144 valence electrons. The number of fused-ring (bicyclic) bond motifs is 1. The second-order valence-corrected chi connectivity index (χ2v) is 9.69. The molecule has 0 amide bonds. The van der Waals surface area contributed by atoms with Gasteiger partial charge in [0.2, 0.25) is 10.0 Å². The van der Waals surface area contributed by atoms with Gasteiger partial charge in [-0.3, -0.25) is 4.72 Å². The van der Waals surface area contributed by atoms with Gasteiger partial charge in [0.25, 0.3) is 0 Å². The number of thiazole rings is 1. The molecule has 0 spiro atoms. The Hall–Kier alpha value is -1.91. The number of nitrogens with zero attached hydrogens (tertiary/aromatic N) is 1. The molecule has 0 aliphatic heterocycles. The molecule has 0 radical (unpaired) electrons. The van der Waals surface area contributed by atoms with E-state index in [9.17, 15) is 17.2 Å². The van der Waals surface area contributed by atoms with Crippen LogP contribution in [0.15, 0.2) is 52.9 Å². The highest BCUT2D eigenvalue weighted by molar-refractivity contribution is 8.01. The number of aromatic nitrogens is 1. The number of ether oxygens (including phenoxy) is 1. The van der Waals surface area contributed by atoms with E-state index < -0.39 is 16.6 Å². The van der Waals surface area contributed by atoms with Crippen LogP contribution in [0.3, 0.4) is 0 Å². The molecule has 5 nitrogen and oxygen atoms in total. The molecule has 0 unspecified atom stereocenters. The molecule has 0 atom stereocenters. The van der Waals surface area contributed by atoms with Gasteiger partial charge in [-0.1, -0.05) is 23.9 Å². The van der Waals surface area contributed by atoms with Crippen molar-refractivity contribution in [1.29, 1.82) is 0 Å². The van der Waals surface area contributed by atoms with Crippen molar-refractivity contribution in [2.75, 3.05) is 16.2 Å². The third-order valence-corrected chi connectivity index (χ3v) is 7.05. The summed E-state index contributed by atoms with van der Waals surface area (Å²) in [4.78, 5) is 4.49. The largest absolute Gasteiger partial charge is 0.435 e. The fourth-order valence-electron chi connectivity index (χ4n) is 2.26. The van der Waals surface area contributed by atoms with Crippen LogP contribution in [-0.4, -0.2) is 31.5 Å². The maximum Gasteiger partial charge on any atom is 0.387 e. The van der Waals surface area contributed by atoms with Crippen molar-refractivity contribution in [2.45, 2.75) is 17.4 Å². The third-order valence-electron chi connectivity index (χ3n) is 3.41. The third kappa shape index (κ3) is 6.05. The number of sulfonamides is 1. The van der Waals surface area contributed by atoms with Crippen LogP contribution in [0.25, 0.3) is 10.2 Å². The fourth-order valence-corrected chi connectivity index (χ4v) is 5.64. The first-order valence-corrected chi connectivity index (χ1v) is 11.4. The van der Waals surface area contributed by atoms with E-state index in [0.717, 1.165) is 14.6 Å². The van der Waals surface area contributed by atoms with Crippen LogP contribution in [0.1, 0.15) is 6.42 Å². The zero-order chi connectivity index (χ0) is 19.3. The summed E-state index contributed by atoms with van der Waals surface area (Å²) in [7, 11) is -3.52. The van der Waals surface area contributed by atoms with Crippen molar-refractivity contribution in [1.82, 2.24) is 4.98 Å². The summed E-state index contributed by atoms with van der Waals surface area (Å²) in [5.74, 6) is 0.558. The Kier molecular flexibility index (Phi) is 6.51. The highest BCUT2D eigenvalue weighted by Gasteiger charge is 2.12. The first kappa shape index (κ1) is 19.8. The van der Waals surface area contributed by atoms with E-state index in [1.807, 2.05) is 24.3 Å². The smallest absolute Gasteiger partial charge is 0.387 e. The van der Waals surface area contributed by atoms with Gasteiger partial charge in [0.1, 0.15) is 5.75 Å². The van der Waals surface area contributed by atoms with Crippen LogP contribution in [-0.2, 0) is 10.0 Å². The van der Waals surface area contributed by atoms with Crippen molar-refractivity contribution >= 4 is 49.0 Å². The molecular weight excluding hydrogens is 414 g/mol. The maximum atomic E-state index is 12.1. The summed E-state index contributed by atoms with van der Waals surface area (Å²) in [6, 6.07) is 13.2. The van der Waals surface area contributed by atoms with Gasteiger partial charge in [0.15, 0.2) is 4.34 Å². The van der Waals surface area contributed by atoms with Crippen molar-refractivity contribution < 1.29 is 21.9 Å². The van der Waals surface area contributed by atoms with Crippen LogP contribution in [0.4, 0.5) is 14.5 Å². The molecule has 27 heavy (non-hydrogen) atoms. The normalized spacial score (nSPS) is 11.8. The molecule has 3 aromatic rings. The number of halogens is 2. The van der Waals surface area contributed by atoms with E-state index in [4.69, 9.17) is 0 Å². The van der Waals surface area contributed by atoms with Crippen LogP contribution in [0.5, 0.6) is 5.75 Å². The van der Waals surface area contributed by atoms with Gasteiger partial charge in [-0.2, -0.15) is 8.78 Å². The predicted molar refractivity (Wildman–Crippen MR) is 105 cm³/mol. The van der Waals surface area contributed by atoms with Crippen LogP contribution in [0.2, 0.25) is 0 Å². The van der Waals surface area contributed by atoms with Gasteiger partial charge in [-0.15, -0.1) is 11.3 Å². The van der Waals surface area contributed by atoms with E-state index in [0.29, 0.717) is 17.9 Å². The van der Waals surface area contributed by atoms with Gasteiger partial charge in [-0.25, -0.2) is 13.4 Å². The van der Waals surface area contributed by atoms with E-state index in [1.165, 1.54) is 36.0 Å². The summed E-state index contributed by atoms with van der Waals surface area (Å²) in [6.45, 7) is -2.92. The molecule has 0 bridgehead atoms. The van der Waals surface area contributed by atoms with Gasteiger partial charge in [0, 0.05) is 11.4 Å². The Morgan fingerprint density at radius 2 is 1.89 bits per heavy atom. The molecule has 0 saturated carbocycles. The van der Waals surface area contributed by atoms with Crippen LogP contribution >= 0.6 is 23.1 Å². The Morgan fingerprint density at radius 3 is 2.59 bits per heavy atom. The second kappa shape index (κ2) is 8.85. The van der Waals surface area contributed by atoms with E-state index in [2.05, 4.69) is 14.4 Å². The van der Waals surface area contributed by atoms with Crippen molar-refractivity contribution in [3.8, 4) is 5.75 Å². The SMILES string of the molecule is O=S(=O)(CCCSc1nc2ccccc2s1)Nc1ccc(OC(F)F)cc1. The Labute approximate surface area is 163 Å². The Balaban J connectivity index is 1.46. The van der Waals surface area contributed by atoms with Crippen LogP contribution in [0, 0.1) is 0 Å². The minimum Gasteiger partial charge on any atom is -0.435 e. The maximum absolute atomic E-state index is 12.1. The van der Waals surface area contributed by atoms with E-state index >= 15 is 0 Å². The molecule has 0 fully saturated rings. The highest BCUT2D eigenvalue weighted by atomic mass is 32.2. The van der Waals surface area contributed by atoms with Crippen molar-refractivity contribution in [3.05, 3.63) is 48.5 Å². The van der Waals surface area contributed by atoms with Crippen molar-refractivity contribution in [2.24, 2.45) is 0 Å². The van der Waals surface area contributed by atoms with Crippen molar-refractivity contribution in [3.63, 3.8) is 0 Å². The van der Waals surface area contributed by atoms with E-state index in [-0.39, 0.29) is 11.5 Å². The first-order chi connectivity index (χ1) is 12.9. The number of rotatable bonds is 9. The molecule has 1 heterocycles. The molecule has 3 rings (SSSR count). The minimum atomic E-state index is -3.52. The van der Waals surface area contributed by atoms with Gasteiger partial charge < -0.3 is 4.74 Å². The molecule has 0 aliphatic carbocycles. The Bertz CT molecular complexity index is 959. The molecule has 1 N–H and O–H groups in total. The monoisotopic (exact) mass is 430 g/mol. The molecule has 0 aliphatic rings. The summed E-state index contributed by atoms with van der Waals surface area (Å²) in [5.41, 5.74) is 1.24. The lowest BCUT2D eigenvalue weighted by Gasteiger charge is -2.09. The molecule has 1 aromatic heterocycles. The summed E-state index contributed by atoms with van der Waals surface area (Å²) in [5, 5.41) is 0. The average Bonchev–Trinajstić information content (AvgIpc) is 3.03. The number of alkyl halides is 2.